The van der Waals surface area contributed by atoms with Crippen molar-refractivity contribution in [3.63, 3.8) is 0 Å². The number of hydrogen-bond donors (Lipinski definition) is 0. The van der Waals surface area contributed by atoms with Crippen LogP contribution in [-0.4, -0.2) is 30.3 Å². The third kappa shape index (κ3) is 3.78. The number of allylic oxidation sites excluding steroid dienone is 1. The van der Waals surface area contributed by atoms with Gasteiger partial charge in [-0.1, -0.05) is 26.3 Å². The zero-order valence-electron chi connectivity index (χ0n) is 10.2. The minimum Gasteiger partial charge on any atom is -0.300 e. The molecular formula is C13H23NO. The molecule has 2 heteroatoms. The van der Waals surface area contributed by atoms with Crippen LogP contribution >= 0.6 is 0 Å². The summed E-state index contributed by atoms with van der Waals surface area (Å²) in [6.07, 6.45) is 8.43. The molecule has 0 aliphatic carbocycles. The standard InChI is InChI=1S/C13H23NO/c1-4-6-11(2)13(15)9-8-12-7-5-10-14(12)3/h8-9,11-12H,4-7,10H2,1-3H3/b9-8+/t11?,12-/m1/s1. The molecule has 1 aliphatic heterocycles. The zero-order valence-corrected chi connectivity index (χ0v) is 10.2. The van der Waals surface area contributed by atoms with E-state index in [2.05, 4.69) is 24.9 Å². The maximum Gasteiger partial charge on any atom is 0.158 e. The highest BCUT2D eigenvalue weighted by Gasteiger charge is 2.18. The first-order valence-corrected chi connectivity index (χ1v) is 6.07. The summed E-state index contributed by atoms with van der Waals surface area (Å²) in [5, 5.41) is 0. The lowest BCUT2D eigenvalue weighted by Gasteiger charge is -2.15. The van der Waals surface area contributed by atoms with Gasteiger partial charge in [-0.3, -0.25) is 9.69 Å². The molecule has 0 N–H and O–H groups in total. The summed E-state index contributed by atoms with van der Waals surface area (Å²) in [7, 11) is 2.13. The molecule has 2 nitrogen and oxygen atoms in total. The minimum atomic E-state index is 0.193. The van der Waals surface area contributed by atoms with Gasteiger partial charge in [0.25, 0.3) is 0 Å². The summed E-state index contributed by atoms with van der Waals surface area (Å²) < 4.78 is 0. The fraction of sp³-hybridized carbons (Fsp3) is 0.769. The van der Waals surface area contributed by atoms with Crippen LogP contribution < -0.4 is 0 Å². The van der Waals surface area contributed by atoms with Crippen molar-refractivity contribution >= 4 is 5.78 Å². The second kappa shape index (κ2) is 6.06. The third-order valence-corrected chi connectivity index (χ3v) is 3.27. The highest BCUT2D eigenvalue weighted by atomic mass is 16.1. The number of ketones is 1. The van der Waals surface area contributed by atoms with Crippen molar-refractivity contribution in [3.05, 3.63) is 12.2 Å². The Morgan fingerprint density at radius 2 is 2.33 bits per heavy atom. The summed E-state index contributed by atoms with van der Waals surface area (Å²) in [4.78, 5) is 14.0. The summed E-state index contributed by atoms with van der Waals surface area (Å²) in [6, 6.07) is 0.489. The molecule has 0 radical (unpaired) electrons. The average molecular weight is 209 g/mol. The Kier molecular flexibility index (Phi) is 5.03. The van der Waals surface area contributed by atoms with Crippen LogP contribution in [0.15, 0.2) is 12.2 Å². The summed E-state index contributed by atoms with van der Waals surface area (Å²) in [5.41, 5.74) is 0. The Morgan fingerprint density at radius 1 is 1.60 bits per heavy atom. The number of likely N-dealkylation sites (tertiary alicyclic amines) is 1. The molecule has 0 saturated carbocycles. The first kappa shape index (κ1) is 12.4. The molecule has 0 aromatic rings. The Hall–Kier alpha value is -0.630. The van der Waals surface area contributed by atoms with Gasteiger partial charge >= 0.3 is 0 Å². The van der Waals surface area contributed by atoms with Crippen LogP contribution in [0.25, 0.3) is 0 Å². The van der Waals surface area contributed by atoms with Gasteiger partial charge in [-0.2, -0.15) is 0 Å². The molecule has 0 bridgehead atoms. The number of carbonyl (C=O) groups excluding carboxylic acids is 1. The van der Waals surface area contributed by atoms with Gasteiger partial charge in [-0.25, -0.2) is 0 Å². The largest absolute Gasteiger partial charge is 0.300 e. The van der Waals surface area contributed by atoms with Crippen molar-refractivity contribution in [2.45, 2.75) is 45.6 Å². The molecule has 15 heavy (non-hydrogen) atoms. The van der Waals surface area contributed by atoms with Gasteiger partial charge in [0.05, 0.1) is 0 Å². The molecule has 0 amide bonds. The average Bonchev–Trinajstić information content (AvgIpc) is 2.61. The molecule has 0 spiro atoms. The van der Waals surface area contributed by atoms with E-state index in [0.717, 1.165) is 19.4 Å². The maximum absolute atomic E-state index is 11.7. The maximum atomic E-state index is 11.7. The monoisotopic (exact) mass is 209 g/mol. The molecule has 0 aromatic heterocycles. The van der Waals surface area contributed by atoms with E-state index in [0.29, 0.717) is 6.04 Å². The molecule has 86 valence electrons. The molecule has 1 heterocycles. The van der Waals surface area contributed by atoms with Crippen molar-refractivity contribution in [1.82, 2.24) is 4.90 Å². The fourth-order valence-corrected chi connectivity index (χ4v) is 2.12. The normalized spacial score (nSPS) is 24.9. The summed E-state index contributed by atoms with van der Waals surface area (Å²) in [6.45, 7) is 5.31. The highest BCUT2D eigenvalue weighted by molar-refractivity contribution is 5.91. The molecule has 2 atom stereocenters. The van der Waals surface area contributed by atoms with Crippen LogP contribution in [0.2, 0.25) is 0 Å². The van der Waals surface area contributed by atoms with E-state index in [4.69, 9.17) is 0 Å². The number of nitrogens with zero attached hydrogens (tertiary/aromatic N) is 1. The van der Waals surface area contributed by atoms with E-state index in [1.165, 1.54) is 12.8 Å². The number of hydrogen-bond acceptors (Lipinski definition) is 2. The molecule has 1 fully saturated rings. The molecule has 0 aromatic carbocycles. The minimum absolute atomic E-state index is 0.193. The molecule has 1 unspecified atom stereocenters. The predicted octanol–water partition coefficient (Wildman–Crippen LogP) is 2.64. The number of rotatable bonds is 5. The van der Waals surface area contributed by atoms with Gasteiger partial charge in [-0.05, 0) is 38.9 Å². The van der Waals surface area contributed by atoms with Crippen LogP contribution in [0, 0.1) is 5.92 Å². The van der Waals surface area contributed by atoms with Gasteiger partial charge < -0.3 is 0 Å². The van der Waals surface area contributed by atoms with E-state index in [-0.39, 0.29) is 11.7 Å². The Labute approximate surface area is 93.3 Å². The Balaban J connectivity index is 2.39. The van der Waals surface area contributed by atoms with Crippen LogP contribution in [0.3, 0.4) is 0 Å². The van der Waals surface area contributed by atoms with E-state index in [1.807, 2.05) is 6.92 Å². The second-order valence-electron chi connectivity index (χ2n) is 4.64. The van der Waals surface area contributed by atoms with E-state index >= 15 is 0 Å². The second-order valence-corrected chi connectivity index (χ2v) is 4.64. The van der Waals surface area contributed by atoms with Crippen molar-refractivity contribution in [1.29, 1.82) is 0 Å². The first-order chi connectivity index (χ1) is 7.15. The summed E-state index contributed by atoms with van der Waals surface area (Å²) in [5.74, 6) is 0.482. The van der Waals surface area contributed by atoms with Crippen LogP contribution in [-0.2, 0) is 4.79 Å². The van der Waals surface area contributed by atoms with Crippen molar-refractivity contribution in [3.8, 4) is 0 Å². The first-order valence-electron chi connectivity index (χ1n) is 6.07. The van der Waals surface area contributed by atoms with E-state index < -0.39 is 0 Å². The van der Waals surface area contributed by atoms with Crippen molar-refractivity contribution < 1.29 is 4.79 Å². The molecule has 1 rings (SSSR count). The molecule has 1 aliphatic rings. The Bertz CT molecular complexity index is 235. The fourth-order valence-electron chi connectivity index (χ4n) is 2.12. The van der Waals surface area contributed by atoms with Crippen molar-refractivity contribution in [2.75, 3.05) is 13.6 Å². The van der Waals surface area contributed by atoms with E-state index in [1.54, 1.807) is 6.08 Å². The smallest absolute Gasteiger partial charge is 0.158 e. The van der Waals surface area contributed by atoms with Gasteiger partial charge in [0.15, 0.2) is 5.78 Å². The number of likely N-dealkylation sites (N-methyl/N-ethyl adjacent to an activating group) is 1. The van der Waals surface area contributed by atoms with E-state index in [9.17, 15) is 4.79 Å². The van der Waals surface area contributed by atoms with Gasteiger partial charge in [0.1, 0.15) is 0 Å². The molecule has 1 saturated heterocycles. The SMILES string of the molecule is CCCC(C)C(=O)/C=C/[C@H]1CCCN1C. The highest BCUT2D eigenvalue weighted by Crippen LogP contribution is 2.16. The summed E-state index contributed by atoms with van der Waals surface area (Å²) >= 11 is 0. The lowest BCUT2D eigenvalue weighted by atomic mass is 10.00. The predicted molar refractivity (Wildman–Crippen MR) is 63.9 cm³/mol. The van der Waals surface area contributed by atoms with Crippen LogP contribution in [0.5, 0.6) is 0 Å². The topological polar surface area (TPSA) is 20.3 Å². The third-order valence-electron chi connectivity index (χ3n) is 3.27. The number of carbonyl (C=O) groups is 1. The van der Waals surface area contributed by atoms with Gasteiger partial charge in [0, 0.05) is 12.0 Å². The van der Waals surface area contributed by atoms with Gasteiger partial charge in [0.2, 0.25) is 0 Å². The lowest BCUT2D eigenvalue weighted by Crippen LogP contribution is -2.23. The lowest BCUT2D eigenvalue weighted by molar-refractivity contribution is -0.117. The quantitative estimate of drug-likeness (QED) is 0.649. The van der Waals surface area contributed by atoms with Gasteiger partial charge in [-0.15, -0.1) is 0 Å². The van der Waals surface area contributed by atoms with Crippen molar-refractivity contribution in [2.24, 2.45) is 5.92 Å². The Morgan fingerprint density at radius 3 is 2.87 bits per heavy atom. The zero-order chi connectivity index (χ0) is 11.3. The molecular weight excluding hydrogens is 186 g/mol. The van der Waals surface area contributed by atoms with Crippen LogP contribution in [0.4, 0.5) is 0 Å². The van der Waals surface area contributed by atoms with Crippen LogP contribution in [0.1, 0.15) is 39.5 Å².